The summed E-state index contributed by atoms with van der Waals surface area (Å²) in [6.07, 6.45) is 3.54. The lowest BCUT2D eigenvalue weighted by molar-refractivity contribution is -0.141. The Morgan fingerprint density at radius 3 is 2.45 bits per heavy atom. The Labute approximate surface area is 120 Å². The van der Waals surface area contributed by atoms with Crippen molar-refractivity contribution in [1.29, 1.82) is 0 Å². The fourth-order valence-corrected chi connectivity index (χ4v) is 2.96. The summed E-state index contributed by atoms with van der Waals surface area (Å²) < 4.78 is 0. The first-order valence-electron chi connectivity index (χ1n) is 7.51. The van der Waals surface area contributed by atoms with Crippen LogP contribution in [0.1, 0.15) is 33.1 Å². The highest BCUT2D eigenvalue weighted by molar-refractivity contribution is 5.76. The molecule has 114 valence electrons. The van der Waals surface area contributed by atoms with E-state index < -0.39 is 11.9 Å². The van der Waals surface area contributed by atoms with E-state index in [0.717, 1.165) is 32.6 Å². The van der Waals surface area contributed by atoms with Crippen molar-refractivity contribution in [3.05, 3.63) is 0 Å². The Bertz CT molecular complexity index is 369. The van der Waals surface area contributed by atoms with Gasteiger partial charge >= 0.3 is 12.0 Å². The Hall–Kier alpha value is -1.30. The van der Waals surface area contributed by atoms with Gasteiger partial charge in [-0.2, -0.15) is 0 Å². The fourth-order valence-electron chi connectivity index (χ4n) is 2.96. The molecule has 3 unspecified atom stereocenters. The lowest BCUT2D eigenvalue weighted by Crippen LogP contribution is -2.47. The summed E-state index contributed by atoms with van der Waals surface area (Å²) in [6, 6.07) is -0.00594. The zero-order valence-corrected chi connectivity index (χ0v) is 12.3. The molecule has 0 aromatic carbocycles. The number of nitrogens with zero attached hydrogens (tertiary/aromatic N) is 2. The molecule has 6 nitrogen and oxygen atoms in total. The number of carboxylic acids is 1. The van der Waals surface area contributed by atoms with Crippen LogP contribution in [-0.2, 0) is 4.79 Å². The van der Waals surface area contributed by atoms with Crippen LogP contribution in [0.15, 0.2) is 0 Å². The highest BCUT2D eigenvalue weighted by Gasteiger charge is 2.32. The summed E-state index contributed by atoms with van der Waals surface area (Å²) >= 11 is 0. The number of hydrogen-bond donors (Lipinski definition) is 2. The van der Waals surface area contributed by atoms with E-state index >= 15 is 0 Å². The van der Waals surface area contributed by atoms with E-state index in [4.69, 9.17) is 5.11 Å². The average Bonchev–Trinajstić information content (AvgIpc) is 3.07. The van der Waals surface area contributed by atoms with Gasteiger partial charge in [0.05, 0.1) is 5.92 Å². The van der Waals surface area contributed by atoms with Gasteiger partial charge in [0.1, 0.15) is 0 Å². The monoisotopic (exact) mass is 283 g/mol. The first kappa shape index (κ1) is 15.1. The summed E-state index contributed by atoms with van der Waals surface area (Å²) in [5, 5.41) is 11.7. The number of aliphatic carboxylic acids is 1. The van der Waals surface area contributed by atoms with Crippen molar-refractivity contribution in [1.82, 2.24) is 15.1 Å². The van der Waals surface area contributed by atoms with E-state index in [9.17, 15) is 9.59 Å². The molecule has 2 rings (SSSR count). The zero-order chi connectivity index (χ0) is 14.7. The van der Waals surface area contributed by atoms with Gasteiger partial charge in [-0.05, 0) is 46.2 Å². The average molecular weight is 283 g/mol. The Kier molecular flexibility index (Phi) is 4.86. The quantitative estimate of drug-likeness (QED) is 0.806. The van der Waals surface area contributed by atoms with Gasteiger partial charge < -0.3 is 15.3 Å². The molecule has 20 heavy (non-hydrogen) atoms. The topological polar surface area (TPSA) is 72.9 Å². The molecule has 2 aliphatic rings. The molecule has 0 spiro atoms. The van der Waals surface area contributed by atoms with Gasteiger partial charge in [-0.15, -0.1) is 0 Å². The minimum atomic E-state index is -0.880. The molecule has 0 aromatic heterocycles. The van der Waals surface area contributed by atoms with Gasteiger partial charge in [0.2, 0.25) is 0 Å². The second-order valence-corrected chi connectivity index (χ2v) is 6.00. The molecule has 6 heteroatoms. The van der Waals surface area contributed by atoms with E-state index in [1.807, 2.05) is 4.90 Å². The van der Waals surface area contributed by atoms with E-state index in [0.29, 0.717) is 6.04 Å². The highest BCUT2D eigenvalue weighted by atomic mass is 16.4. The first-order chi connectivity index (χ1) is 9.49. The summed E-state index contributed by atoms with van der Waals surface area (Å²) in [5.41, 5.74) is 0. The SMILES string of the molecule is CC(NC(=O)N1CCC(N2CCCC2)C1)C(C)C(=O)O. The van der Waals surface area contributed by atoms with Crippen LogP contribution < -0.4 is 5.32 Å². The van der Waals surface area contributed by atoms with Crippen LogP contribution in [0.3, 0.4) is 0 Å². The van der Waals surface area contributed by atoms with Crippen molar-refractivity contribution in [2.24, 2.45) is 5.92 Å². The Morgan fingerprint density at radius 2 is 1.85 bits per heavy atom. The molecule has 0 radical (unpaired) electrons. The van der Waals surface area contributed by atoms with E-state index in [-0.39, 0.29) is 12.1 Å². The molecule has 0 aliphatic carbocycles. The summed E-state index contributed by atoms with van der Waals surface area (Å²) in [6.45, 7) is 7.18. The number of rotatable bonds is 4. The van der Waals surface area contributed by atoms with Gasteiger partial charge in [-0.3, -0.25) is 9.69 Å². The second-order valence-electron chi connectivity index (χ2n) is 6.00. The number of carbonyl (C=O) groups is 2. The molecule has 2 saturated heterocycles. The highest BCUT2D eigenvalue weighted by Crippen LogP contribution is 2.20. The second kappa shape index (κ2) is 6.43. The van der Waals surface area contributed by atoms with Crippen LogP contribution in [-0.4, -0.2) is 65.2 Å². The van der Waals surface area contributed by atoms with Crippen LogP contribution in [0.25, 0.3) is 0 Å². The number of nitrogens with one attached hydrogen (secondary N) is 1. The maximum atomic E-state index is 12.1. The number of likely N-dealkylation sites (tertiary alicyclic amines) is 2. The number of carbonyl (C=O) groups excluding carboxylic acids is 1. The van der Waals surface area contributed by atoms with Gasteiger partial charge in [0, 0.05) is 25.2 Å². The van der Waals surface area contributed by atoms with Crippen molar-refractivity contribution in [2.75, 3.05) is 26.2 Å². The van der Waals surface area contributed by atoms with Gasteiger partial charge in [-0.25, -0.2) is 4.79 Å². The largest absolute Gasteiger partial charge is 0.481 e. The van der Waals surface area contributed by atoms with Crippen molar-refractivity contribution in [3.63, 3.8) is 0 Å². The van der Waals surface area contributed by atoms with Gasteiger partial charge in [0.25, 0.3) is 0 Å². The van der Waals surface area contributed by atoms with Crippen molar-refractivity contribution >= 4 is 12.0 Å². The van der Waals surface area contributed by atoms with Crippen LogP contribution >= 0.6 is 0 Å². The van der Waals surface area contributed by atoms with Crippen molar-refractivity contribution in [3.8, 4) is 0 Å². The molecule has 2 aliphatic heterocycles. The van der Waals surface area contributed by atoms with Crippen molar-refractivity contribution < 1.29 is 14.7 Å². The number of hydrogen-bond acceptors (Lipinski definition) is 3. The fraction of sp³-hybridized carbons (Fsp3) is 0.857. The van der Waals surface area contributed by atoms with Crippen LogP contribution in [0, 0.1) is 5.92 Å². The maximum absolute atomic E-state index is 12.1. The predicted molar refractivity (Wildman–Crippen MR) is 75.6 cm³/mol. The number of carboxylic acid groups (broad SMARTS) is 1. The lowest BCUT2D eigenvalue weighted by Gasteiger charge is -2.25. The first-order valence-corrected chi connectivity index (χ1v) is 7.51. The molecule has 0 aromatic rings. The Balaban J connectivity index is 1.80. The molecular weight excluding hydrogens is 258 g/mol. The third kappa shape index (κ3) is 3.42. The van der Waals surface area contributed by atoms with Gasteiger partial charge in [-0.1, -0.05) is 0 Å². The molecule has 2 N–H and O–H groups in total. The van der Waals surface area contributed by atoms with E-state index in [2.05, 4.69) is 10.2 Å². The van der Waals surface area contributed by atoms with Crippen LogP contribution in [0.2, 0.25) is 0 Å². The summed E-state index contributed by atoms with van der Waals surface area (Å²) in [5.74, 6) is -1.45. The number of amides is 2. The number of urea groups is 1. The zero-order valence-electron chi connectivity index (χ0n) is 12.3. The molecular formula is C14H25N3O3. The Morgan fingerprint density at radius 1 is 1.20 bits per heavy atom. The molecule has 0 saturated carbocycles. The predicted octanol–water partition coefficient (Wildman–Crippen LogP) is 0.975. The van der Waals surface area contributed by atoms with E-state index in [1.54, 1.807) is 13.8 Å². The normalized spacial score (nSPS) is 26.5. The lowest BCUT2D eigenvalue weighted by atomic mass is 10.0. The van der Waals surface area contributed by atoms with Crippen LogP contribution in [0.4, 0.5) is 4.79 Å². The molecule has 0 bridgehead atoms. The summed E-state index contributed by atoms with van der Waals surface area (Å²) in [7, 11) is 0. The minimum Gasteiger partial charge on any atom is -0.481 e. The smallest absolute Gasteiger partial charge is 0.317 e. The molecule has 3 atom stereocenters. The maximum Gasteiger partial charge on any atom is 0.317 e. The minimum absolute atomic E-state index is 0.132. The van der Waals surface area contributed by atoms with Gasteiger partial charge in [0.15, 0.2) is 0 Å². The third-order valence-corrected chi connectivity index (χ3v) is 4.60. The molecule has 2 heterocycles. The standard InChI is InChI=1S/C14H25N3O3/c1-10(13(18)19)11(2)15-14(20)17-8-5-12(9-17)16-6-3-4-7-16/h10-12H,3-9H2,1-2H3,(H,15,20)(H,18,19). The molecule has 2 amide bonds. The summed E-state index contributed by atoms with van der Waals surface area (Å²) in [4.78, 5) is 27.3. The third-order valence-electron chi connectivity index (χ3n) is 4.60. The van der Waals surface area contributed by atoms with Crippen molar-refractivity contribution in [2.45, 2.75) is 45.2 Å². The van der Waals surface area contributed by atoms with Crippen LogP contribution in [0.5, 0.6) is 0 Å². The molecule has 2 fully saturated rings. The van der Waals surface area contributed by atoms with E-state index in [1.165, 1.54) is 12.8 Å².